The average molecular weight is 304 g/mol. The molecule has 0 aliphatic carbocycles. The Labute approximate surface area is 133 Å². The summed E-state index contributed by atoms with van der Waals surface area (Å²) >= 11 is 0. The molecule has 1 fully saturated rings. The molecule has 0 radical (unpaired) electrons. The zero-order valence-electron chi connectivity index (χ0n) is 13.9. The molecule has 1 aliphatic heterocycles. The predicted octanol–water partition coefficient (Wildman–Crippen LogP) is 3.25. The lowest BCUT2D eigenvalue weighted by molar-refractivity contribution is 0.153. The van der Waals surface area contributed by atoms with E-state index in [1.807, 2.05) is 12.1 Å². The molecule has 22 heavy (non-hydrogen) atoms. The van der Waals surface area contributed by atoms with Crippen molar-refractivity contribution in [2.45, 2.75) is 52.1 Å². The Kier molecular flexibility index (Phi) is 5.83. The van der Waals surface area contributed by atoms with Crippen LogP contribution in [0.15, 0.2) is 24.3 Å². The van der Waals surface area contributed by atoms with Crippen LogP contribution in [0.2, 0.25) is 0 Å². The number of hydrogen-bond donors (Lipinski definition) is 2. The molecule has 4 nitrogen and oxygen atoms in total. The minimum absolute atomic E-state index is 0.0219. The number of likely N-dealkylation sites (tertiary alicyclic amines) is 1. The van der Waals surface area contributed by atoms with Crippen LogP contribution in [-0.4, -0.2) is 35.2 Å². The zero-order chi connectivity index (χ0) is 16.1. The molecule has 0 aromatic heterocycles. The summed E-state index contributed by atoms with van der Waals surface area (Å²) in [6.07, 6.45) is 2.77. The third kappa shape index (κ3) is 4.01. The maximum atomic E-state index is 12.6. The van der Waals surface area contributed by atoms with E-state index in [1.54, 1.807) is 4.90 Å². The number of amides is 2. The number of rotatable bonds is 5. The third-order valence-corrected chi connectivity index (χ3v) is 4.42. The van der Waals surface area contributed by atoms with Gasteiger partial charge in [-0.05, 0) is 43.2 Å². The van der Waals surface area contributed by atoms with Crippen molar-refractivity contribution in [2.75, 3.05) is 13.2 Å². The smallest absolute Gasteiger partial charge is 0.318 e. The minimum Gasteiger partial charge on any atom is -0.394 e. The Hall–Kier alpha value is -1.55. The van der Waals surface area contributed by atoms with Gasteiger partial charge in [-0.3, -0.25) is 0 Å². The van der Waals surface area contributed by atoms with Crippen LogP contribution in [-0.2, 0) is 0 Å². The Morgan fingerprint density at radius 3 is 2.77 bits per heavy atom. The van der Waals surface area contributed by atoms with E-state index in [4.69, 9.17) is 0 Å². The number of nitrogens with one attached hydrogen (secondary N) is 1. The maximum Gasteiger partial charge on any atom is 0.318 e. The summed E-state index contributed by atoms with van der Waals surface area (Å²) in [5, 5.41) is 12.6. The second-order valence-corrected chi connectivity index (χ2v) is 6.66. The molecule has 122 valence electrons. The van der Waals surface area contributed by atoms with E-state index in [0.29, 0.717) is 5.92 Å². The lowest BCUT2D eigenvalue weighted by Gasteiger charge is -2.28. The van der Waals surface area contributed by atoms with Crippen LogP contribution in [0.5, 0.6) is 0 Å². The van der Waals surface area contributed by atoms with Crippen LogP contribution >= 0.6 is 0 Å². The molecular weight excluding hydrogens is 276 g/mol. The van der Waals surface area contributed by atoms with Gasteiger partial charge in [-0.25, -0.2) is 4.79 Å². The highest BCUT2D eigenvalue weighted by atomic mass is 16.3. The molecule has 2 unspecified atom stereocenters. The van der Waals surface area contributed by atoms with Gasteiger partial charge in [0, 0.05) is 6.54 Å². The second-order valence-electron chi connectivity index (χ2n) is 6.66. The maximum absolute atomic E-state index is 12.6. The number of aliphatic hydroxyl groups is 1. The first kappa shape index (κ1) is 16.8. The van der Waals surface area contributed by atoms with Crippen LogP contribution < -0.4 is 5.32 Å². The van der Waals surface area contributed by atoms with Gasteiger partial charge >= 0.3 is 6.03 Å². The zero-order valence-corrected chi connectivity index (χ0v) is 13.9. The largest absolute Gasteiger partial charge is 0.394 e. The first-order chi connectivity index (χ1) is 10.5. The summed E-state index contributed by atoms with van der Waals surface area (Å²) in [7, 11) is 0. The van der Waals surface area contributed by atoms with Crippen molar-refractivity contribution in [3.63, 3.8) is 0 Å². The van der Waals surface area contributed by atoms with Gasteiger partial charge in [0.05, 0.1) is 18.7 Å². The molecule has 1 aromatic rings. The lowest BCUT2D eigenvalue weighted by Crippen LogP contribution is -2.45. The van der Waals surface area contributed by atoms with Gasteiger partial charge in [0.2, 0.25) is 0 Å². The van der Waals surface area contributed by atoms with E-state index in [0.717, 1.165) is 25.8 Å². The quantitative estimate of drug-likeness (QED) is 0.877. The molecule has 1 aromatic carbocycles. The summed E-state index contributed by atoms with van der Waals surface area (Å²) in [6.45, 7) is 7.21. The first-order valence-corrected chi connectivity index (χ1v) is 8.26. The monoisotopic (exact) mass is 304 g/mol. The summed E-state index contributed by atoms with van der Waals surface area (Å²) in [5.74, 6) is 0.497. The van der Waals surface area contributed by atoms with Gasteiger partial charge < -0.3 is 15.3 Å². The van der Waals surface area contributed by atoms with Crippen LogP contribution in [0, 0.1) is 12.8 Å². The van der Waals surface area contributed by atoms with E-state index < -0.39 is 0 Å². The molecule has 0 bridgehead atoms. The topological polar surface area (TPSA) is 52.6 Å². The van der Waals surface area contributed by atoms with Gasteiger partial charge in [0.1, 0.15) is 0 Å². The molecule has 4 heteroatoms. The van der Waals surface area contributed by atoms with E-state index in [1.165, 1.54) is 11.1 Å². The number of benzene rings is 1. The Morgan fingerprint density at radius 2 is 2.14 bits per heavy atom. The van der Waals surface area contributed by atoms with Gasteiger partial charge in [-0.15, -0.1) is 0 Å². The Morgan fingerprint density at radius 1 is 1.41 bits per heavy atom. The highest BCUT2D eigenvalue weighted by Gasteiger charge is 2.29. The number of aliphatic hydroxyl groups excluding tert-OH is 1. The number of carbonyl (C=O) groups excluding carboxylic acids is 1. The molecule has 2 N–H and O–H groups in total. The fourth-order valence-corrected chi connectivity index (χ4v) is 3.24. The predicted molar refractivity (Wildman–Crippen MR) is 88.7 cm³/mol. The van der Waals surface area contributed by atoms with Crippen LogP contribution in [0.25, 0.3) is 0 Å². The third-order valence-electron chi connectivity index (χ3n) is 4.42. The molecule has 0 spiro atoms. The van der Waals surface area contributed by atoms with Crippen molar-refractivity contribution in [1.82, 2.24) is 10.2 Å². The number of aryl methyl sites for hydroxylation is 1. The summed E-state index contributed by atoms with van der Waals surface area (Å²) in [6, 6.07) is 8.16. The molecule has 1 saturated heterocycles. The first-order valence-electron chi connectivity index (χ1n) is 8.26. The molecular formula is C18H28N2O2. The number of urea groups is 1. The van der Waals surface area contributed by atoms with E-state index in [9.17, 15) is 9.90 Å². The van der Waals surface area contributed by atoms with Crippen molar-refractivity contribution in [2.24, 2.45) is 5.92 Å². The van der Waals surface area contributed by atoms with Gasteiger partial charge in [-0.1, -0.05) is 38.1 Å². The van der Waals surface area contributed by atoms with Crippen molar-refractivity contribution >= 4 is 6.03 Å². The average Bonchev–Trinajstić information content (AvgIpc) is 2.95. The van der Waals surface area contributed by atoms with E-state index in [2.05, 4.69) is 38.2 Å². The summed E-state index contributed by atoms with van der Waals surface area (Å²) < 4.78 is 0. The van der Waals surface area contributed by atoms with Crippen molar-refractivity contribution < 1.29 is 9.90 Å². The van der Waals surface area contributed by atoms with Gasteiger partial charge in [0.25, 0.3) is 0 Å². The van der Waals surface area contributed by atoms with Crippen molar-refractivity contribution in [1.29, 1.82) is 0 Å². The molecule has 1 aliphatic rings. The lowest BCUT2D eigenvalue weighted by atomic mass is 9.94. The van der Waals surface area contributed by atoms with Gasteiger partial charge in [-0.2, -0.15) is 0 Å². The molecule has 0 saturated carbocycles. The Bertz CT molecular complexity index is 502. The normalized spacial score (nSPS) is 19.5. The van der Waals surface area contributed by atoms with E-state index >= 15 is 0 Å². The number of nitrogens with zero attached hydrogens (tertiary/aromatic N) is 1. The van der Waals surface area contributed by atoms with Gasteiger partial charge in [0.15, 0.2) is 0 Å². The highest BCUT2D eigenvalue weighted by molar-refractivity contribution is 5.75. The second kappa shape index (κ2) is 7.63. The van der Waals surface area contributed by atoms with Crippen molar-refractivity contribution in [3.05, 3.63) is 35.4 Å². The summed E-state index contributed by atoms with van der Waals surface area (Å²) in [4.78, 5) is 14.4. The molecule has 2 amide bonds. The minimum atomic E-state index is -0.0505. The fraction of sp³-hybridized carbons (Fsp3) is 0.611. The van der Waals surface area contributed by atoms with Crippen LogP contribution in [0.3, 0.4) is 0 Å². The molecule has 1 heterocycles. The highest BCUT2D eigenvalue weighted by Crippen LogP contribution is 2.25. The summed E-state index contributed by atoms with van der Waals surface area (Å²) in [5.41, 5.74) is 2.39. The standard InChI is InChI=1S/C18H28N2O2/c1-13(2)11-17(16-9-5-4-7-14(16)3)19-18(22)20-10-6-8-15(20)12-21/h4-5,7,9,13,15,17,21H,6,8,10-12H2,1-3H3,(H,19,22). The van der Waals surface area contributed by atoms with Crippen LogP contribution in [0.4, 0.5) is 4.79 Å². The number of carbonyl (C=O) groups is 1. The molecule has 2 atom stereocenters. The fourth-order valence-electron chi connectivity index (χ4n) is 3.24. The molecule has 2 rings (SSSR count). The SMILES string of the molecule is Cc1ccccc1C(CC(C)C)NC(=O)N1CCCC1CO. The number of hydrogen-bond acceptors (Lipinski definition) is 2. The van der Waals surface area contributed by atoms with E-state index in [-0.39, 0.29) is 24.7 Å². The Balaban J connectivity index is 2.13. The van der Waals surface area contributed by atoms with Crippen molar-refractivity contribution in [3.8, 4) is 0 Å². The van der Waals surface area contributed by atoms with Crippen LogP contribution in [0.1, 0.15) is 50.3 Å².